The molecule has 3 N–H and O–H groups in total. The van der Waals surface area contributed by atoms with E-state index in [0.29, 0.717) is 10.5 Å². The van der Waals surface area contributed by atoms with Crippen molar-refractivity contribution in [2.24, 2.45) is 0 Å². The highest BCUT2D eigenvalue weighted by atomic mass is 32.1. The number of H-pyrrole nitrogens is 1. The molecular weight excluding hydrogens is 276 g/mol. The summed E-state index contributed by atoms with van der Waals surface area (Å²) in [6, 6.07) is 7.69. The van der Waals surface area contributed by atoms with Crippen LogP contribution in [0.5, 0.6) is 0 Å². The third-order valence-corrected chi connectivity index (χ3v) is 3.78. The van der Waals surface area contributed by atoms with E-state index in [9.17, 15) is 4.79 Å². The van der Waals surface area contributed by atoms with E-state index < -0.39 is 0 Å². The van der Waals surface area contributed by atoms with Crippen LogP contribution < -0.4 is 11.3 Å². The maximum atomic E-state index is 12.4. The summed E-state index contributed by atoms with van der Waals surface area (Å²) < 4.78 is 1.18. The van der Waals surface area contributed by atoms with Crippen molar-refractivity contribution in [3.8, 4) is 11.3 Å². The molecule has 0 aliphatic carbocycles. The van der Waals surface area contributed by atoms with Crippen molar-refractivity contribution in [2.75, 3.05) is 5.73 Å². The van der Waals surface area contributed by atoms with Crippen LogP contribution in [-0.2, 0) is 0 Å². The van der Waals surface area contributed by atoms with Gasteiger partial charge in [0.1, 0.15) is 0 Å². The number of rotatable bonds is 1. The molecule has 0 saturated carbocycles. The minimum absolute atomic E-state index is 0.255. The lowest BCUT2D eigenvalue weighted by Crippen LogP contribution is -2.19. The molecule has 0 spiro atoms. The number of fused-ring (bicyclic) bond motifs is 2. The lowest BCUT2D eigenvalue weighted by Gasteiger charge is -1.97. The number of nitrogens with two attached hydrogens (primary N) is 1. The van der Waals surface area contributed by atoms with Crippen LogP contribution in [0.1, 0.15) is 0 Å². The Hall–Kier alpha value is -2.74. The van der Waals surface area contributed by atoms with Crippen LogP contribution >= 0.6 is 11.3 Å². The van der Waals surface area contributed by atoms with Gasteiger partial charge in [0.2, 0.25) is 10.1 Å². The molecule has 0 saturated heterocycles. The molecule has 0 fully saturated rings. The smallest absolute Gasteiger partial charge is 0.302 e. The number of nitrogen functional groups attached to an aromatic ring is 1. The zero-order chi connectivity index (χ0) is 13.7. The highest BCUT2D eigenvalue weighted by molar-refractivity contribution is 7.20. The molecule has 3 heterocycles. The second kappa shape index (κ2) is 3.87. The quantitative estimate of drug-likeness (QED) is 0.548. The van der Waals surface area contributed by atoms with Gasteiger partial charge in [0.15, 0.2) is 5.69 Å². The molecule has 0 radical (unpaired) electrons. The van der Waals surface area contributed by atoms with Crippen LogP contribution in [0.2, 0.25) is 0 Å². The molecule has 0 bridgehead atoms. The van der Waals surface area contributed by atoms with Crippen LogP contribution in [0.4, 0.5) is 5.13 Å². The zero-order valence-electron chi connectivity index (χ0n) is 10.1. The van der Waals surface area contributed by atoms with Gasteiger partial charge in [0, 0.05) is 22.7 Å². The summed E-state index contributed by atoms with van der Waals surface area (Å²) in [5.74, 6) is 0. The largest absolute Gasteiger partial charge is 0.374 e. The summed E-state index contributed by atoms with van der Waals surface area (Å²) in [4.78, 5) is 15.9. The number of benzene rings is 1. The van der Waals surface area contributed by atoms with E-state index in [0.717, 1.165) is 22.2 Å². The van der Waals surface area contributed by atoms with Gasteiger partial charge < -0.3 is 10.7 Å². The molecule has 0 atom stereocenters. The van der Waals surface area contributed by atoms with Gasteiger partial charge in [-0.2, -0.15) is 4.52 Å². The zero-order valence-corrected chi connectivity index (χ0v) is 10.9. The second-order valence-electron chi connectivity index (χ2n) is 4.24. The Labute approximate surface area is 115 Å². The molecule has 3 aromatic heterocycles. The molecule has 8 heteroatoms. The van der Waals surface area contributed by atoms with Gasteiger partial charge in [-0.05, 0) is 6.07 Å². The van der Waals surface area contributed by atoms with Crippen molar-refractivity contribution < 1.29 is 0 Å². The minimum atomic E-state index is -0.326. The molecule has 1 aromatic carbocycles. The number of hydrogen-bond donors (Lipinski definition) is 2. The van der Waals surface area contributed by atoms with E-state index in [2.05, 4.69) is 20.3 Å². The molecule has 0 unspecified atom stereocenters. The van der Waals surface area contributed by atoms with E-state index in [4.69, 9.17) is 5.73 Å². The predicted octanol–water partition coefficient (Wildman–Crippen LogP) is 1.28. The highest BCUT2D eigenvalue weighted by Gasteiger charge is 2.15. The van der Waals surface area contributed by atoms with E-state index in [1.54, 1.807) is 6.20 Å². The summed E-state index contributed by atoms with van der Waals surface area (Å²) in [5.41, 5.74) is 7.17. The number of anilines is 1. The van der Waals surface area contributed by atoms with Crippen LogP contribution in [0.3, 0.4) is 0 Å². The van der Waals surface area contributed by atoms with Gasteiger partial charge in [0.05, 0.1) is 0 Å². The summed E-state index contributed by atoms with van der Waals surface area (Å²) in [6.45, 7) is 0. The molecule has 98 valence electrons. The van der Waals surface area contributed by atoms with E-state index in [-0.39, 0.29) is 16.4 Å². The number of aromatic nitrogens is 5. The first kappa shape index (κ1) is 11.1. The molecule has 4 aromatic rings. The summed E-state index contributed by atoms with van der Waals surface area (Å²) in [5, 5.41) is 13.2. The molecule has 4 rings (SSSR count). The number of aromatic amines is 1. The average molecular weight is 284 g/mol. The van der Waals surface area contributed by atoms with Crippen LogP contribution in [-0.4, -0.2) is 24.8 Å². The van der Waals surface area contributed by atoms with Crippen molar-refractivity contribution >= 4 is 32.3 Å². The van der Waals surface area contributed by atoms with Crippen molar-refractivity contribution in [3.05, 3.63) is 40.8 Å². The summed E-state index contributed by atoms with van der Waals surface area (Å²) in [7, 11) is 0. The van der Waals surface area contributed by atoms with E-state index in [1.165, 1.54) is 4.52 Å². The SMILES string of the molecule is Nc1nn2c(=O)c(-c3c[nH]c4ccccc34)nnc2s1. The standard InChI is InChI=1S/C12H8N6OS/c13-11-17-18-10(19)9(15-16-12(18)20-11)7-5-14-8-4-2-1-3-6(7)8/h1-5,14H,(H2,13,17). The van der Waals surface area contributed by atoms with Crippen molar-refractivity contribution in [1.82, 2.24) is 24.8 Å². The van der Waals surface area contributed by atoms with Gasteiger partial charge >= 0.3 is 5.56 Å². The first-order chi connectivity index (χ1) is 9.74. The fourth-order valence-corrected chi connectivity index (χ4v) is 2.77. The topological polar surface area (TPSA) is 102 Å². The predicted molar refractivity (Wildman–Crippen MR) is 76.6 cm³/mol. The fourth-order valence-electron chi connectivity index (χ4n) is 2.17. The summed E-state index contributed by atoms with van der Waals surface area (Å²) >= 11 is 1.12. The molecular formula is C12H8N6OS. The van der Waals surface area contributed by atoms with Gasteiger partial charge in [-0.25, -0.2) is 0 Å². The lowest BCUT2D eigenvalue weighted by molar-refractivity contribution is 0.863. The Bertz CT molecular complexity index is 998. The van der Waals surface area contributed by atoms with Crippen LogP contribution in [0.15, 0.2) is 35.3 Å². The van der Waals surface area contributed by atoms with Crippen LogP contribution in [0, 0.1) is 0 Å². The lowest BCUT2D eigenvalue weighted by atomic mass is 10.1. The minimum Gasteiger partial charge on any atom is -0.374 e. The monoisotopic (exact) mass is 284 g/mol. The number of nitrogens with zero attached hydrogens (tertiary/aromatic N) is 4. The van der Waals surface area contributed by atoms with Gasteiger partial charge in [-0.15, -0.1) is 15.3 Å². The van der Waals surface area contributed by atoms with Gasteiger partial charge in [0.25, 0.3) is 0 Å². The third-order valence-electron chi connectivity index (χ3n) is 3.05. The van der Waals surface area contributed by atoms with Crippen molar-refractivity contribution in [2.45, 2.75) is 0 Å². The Morgan fingerprint density at radius 1 is 1.25 bits per heavy atom. The molecule has 0 amide bonds. The first-order valence-electron chi connectivity index (χ1n) is 5.82. The Morgan fingerprint density at radius 3 is 3.00 bits per heavy atom. The van der Waals surface area contributed by atoms with Crippen LogP contribution in [0.25, 0.3) is 27.1 Å². The molecule has 7 nitrogen and oxygen atoms in total. The maximum absolute atomic E-state index is 12.4. The third kappa shape index (κ3) is 1.45. The number of nitrogens with one attached hydrogen (secondary N) is 1. The Kier molecular flexibility index (Phi) is 2.15. The Balaban J connectivity index is 2.07. The summed E-state index contributed by atoms with van der Waals surface area (Å²) in [6.07, 6.45) is 1.75. The molecule has 20 heavy (non-hydrogen) atoms. The average Bonchev–Trinajstić information content (AvgIpc) is 3.03. The first-order valence-corrected chi connectivity index (χ1v) is 6.64. The van der Waals surface area contributed by atoms with E-state index >= 15 is 0 Å². The normalized spacial score (nSPS) is 11.4. The molecule has 0 aliphatic heterocycles. The van der Waals surface area contributed by atoms with Gasteiger partial charge in [-0.3, -0.25) is 4.79 Å². The number of hydrogen-bond acceptors (Lipinski definition) is 6. The van der Waals surface area contributed by atoms with Crippen molar-refractivity contribution in [3.63, 3.8) is 0 Å². The Morgan fingerprint density at radius 2 is 2.10 bits per heavy atom. The maximum Gasteiger partial charge on any atom is 0.302 e. The van der Waals surface area contributed by atoms with E-state index in [1.807, 2.05) is 24.3 Å². The van der Waals surface area contributed by atoms with Gasteiger partial charge in [-0.1, -0.05) is 29.5 Å². The van der Waals surface area contributed by atoms with Crippen molar-refractivity contribution in [1.29, 1.82) is 0 Å². The fraction of sp³-hybridized carbons (Fsp3) is 0. The molecule has 0 aliphatic rings. The second-order valence-corrected chi connectivity index (χ2v) is 5.22. The highest BCUT2D eigenvalue weighted by Crippen LogP contribution is 2.25. The number of para-hydroxylation sites is 1.